The zero-order chi connectivity index (χ0) is 14.6. The summed E-state index contributed by atoms with van der Waals surface area (Å²) in [4.78, 5) is 11.8. The second-order valence-electron chi connectivity index (χ2n) is 6.83. The van der Waals surface area contributed by atoms with Gasteiger partial charge in [0.25, 0.3) is 0 Å². The molecule has 5 heteroatoms. The summed E-state index contributed by atoms with van der Waals surface area (Å²) in [6.45, 7) is 7.42. The first-order valence-electron chi connectivity index (χ1n) is 7.78. The van der Waals surface area contributed by atoms with Gasteiger partial charge in [0.15, 0.2) is 0 Å². The number of hydrogen-bond donors (Lipinski definition) is 2. The Morgan fingerprint density at radius 2 is 1.95 bits per heavy atom. The summed E-state index contributed by atoms with van der Waals surface area (Å²) in [6, 6.07) is 0.512. The van der Waals surface area contributed by atoms with E-state index >= 15 is 0 Å². The minimum absolute atomic E-state index is 0.172. The Bertz CT molecular complexity index is 322. The van der Waals surface area contributed by atoms with Gasteiger partial charge in [-0.15, -0.1) is 0 Å². The molecule has 1 amide bonds. The molecule has 2 N–H and O–H groups in total. The van der Waals surface area contributed by atoms with E-state index in [0.29, 0.717) is 12.1 Å². The molecule has 0 aromatic rings. The highest BCUT2D eigenvalue weighted by Crippen LogP contribution is 2.21. The molecule has 2 aliphatic rings. The average molecular weight is 284 g/mol. The highest BCUT2D eigenvalue weighted by molar-refractivity contribution is 5.68. The molecule has 116 valence electrons. The van der Waals surface area contributed by atoms with Crippen molar-refractivity contribution >= 4 is 6.09 Å². The topological polar surface area (TPSA) is 59.6 Å². The van der Waals surface area contributed by atoms with Crippen LogP contribution in [0.5, 0.6) is 0 Å². The van der Waals surface area contributed by atoms with Crippen LogP contribution in [0.2, 0.25) is 0 Å². The van der Waals surface area contributed by atoms with Crippen LogP contribution in [-0.2, 0) is 9.47 Å². The summed E-state index contributed by atoms with van der Waals surface area (Å²) in [5.74, 6) is 0. The minimum atomic E-state index is -0.441. The van der Waals surface area contributed by atoms with E-state index in [2.05, 4.69) is 10.6 Å². The third kappa shape index (κ3) is 4.94. The van der Waals surface area contributed by atoms with E-state index in [1.165, 1.54) is 0 Å². The third-order valence-electron chi connectivity index (χ3n) is 3.85. The number of hydrogen-bond acceptors (Lipinski definition) is 4. The fourth-order valence-corrected chi connectivity index (χ4v) is 2.92. The van der Waals surface area contributed by atoms with Crippen LogP contribution in [0, 0.1) is 0 Å². The summed E-state index contributed by atoms with van der Waals surface area (Å²) in [6.07, 6.45) is 5.60. The minimum Gasteiger partial charge on any atom is -0.444 e. The standard InChI is InChI=1S/C15H28N2O3/c1-15(2,3)20-14(18)17-13-8-4-7-12(13)16-10-11-6-5-9-19-11/h11-13,16H,4-10H2,1-3H3,(H,17,18). The molecule has 2 fully saturated rings. The number of amides is 1. The normalized spacial score (nSPS) is 30.4. The van der Waals surface area contributed by atoms with Crippen molar-refractivity contribution in [2.45, 2.75) is 76.7 Å². The first kappa shape index (κ1) is 15.6. The maximum Gasteiger partial charge on any atom is 0.407 e. The van der Waals surface area contributed by atoms with Gasteiger partial charge in [-0.25, -0.2) is 4.79 Å². The maximum absolute atomic E-state index is 11.8. The van der Waals surface area contributed by atoms with Crippen LogP contribution in [-0.4, -0.2) is 43.0 Å². The van der Waals surface area contributed by atoms with E-state index in [1.807, 2.05) is 20.8 Å². The lowest BCUT2D eigenvalue weighted by atomic mass is 10.1. The van der Waals surface area contributed by atoms with Crippen LogP contribution >= 0.6 is 0 Å². The van der Waals surface area contributed by atoms with E-state index in [-0.39, 0.29) is 12.1 Å². The van der Waals surface area contributed by atoms with Gasteiger partial charge in [-0.3, -0.25) is 0 Å². The van der Waals surface area contributed by atoms with Crippen molar-refractivity contribution in [3.05, 3.63) is 0 Å². The third-order valence-corrected chi connectivity index (χ3v) is 3.85. The lowest BCUT2D eigenvalue weighted by molar-refractivity contribution is 0.0495. The Balaban J connectivity index is 1.73. The second kappa shape index (κ2) is 6.76. The molecule has 0 aromatic heterocycles. The van der Waals surface area contributed by atoms with E-state index in [9.17, 15) is 4.79 Å². The van der Waals surface area contributed by atoms with E-state index in [4.69, 9.17) is 9.47 Å². The average Bonchev–Trinajstić information content (AvgIpc) is 2.94. The summed E-state index contributed by atoms with van der Waals surface area (Å²) in [5, 5.41) is 6.54. The molecule has 3 unspecified atom stereocenters. The number of carbonyl (C=O) groups excluding carboxylic acids is 1. The highest BCUT2D eigenvalue weighted by atomic mass is 16.6. The first-order valence-corrected chi connectivity index (χ1v) is 7.78. The molecule has 0 aromatic carbocycles. The van der Waals surface area contributed by atoms with E-state index < -0.39 is 5.60 Å². The predicted octanol–water partition coefficient (Wildman–Crippen LogP) is 2.20. The molecule has 5 nitrogen and oxygen atoms in total. The van der Waals surface area contributed by atoms with Crippen LogP contribution in [0.25, 0.3) is 0 Å². The molecule has 3 atom stereocenters. The Hall–Kier alpha value is -0.810. The van der Waals surface area contributed by atoms with Gasteiger partial charge in [-0.2, -0.15) is 0 Å². The molecule has 1 saturated carbocycles. The lowest BCUT2D eigenvalue weighted by Crippen LogP contribution is -2.49. The van der Waals surface area contributed by atoms with Crippen LogP contribution < -0.4 is 10.6 Å². The van der Waals surface area contributed by atoms with Crippen molar-refractivity contribution in [3.8, 4) is 0 Å². The molecule has 1 aliphatic heterocycles. The van der Waals surface area contributed by atoms with Crippen LogP contribution in [0.4, 0.5) is 4.79 Å². The summed E-state index contributed by atoms with van der Waals surface area (Å²) in [5.41, 5.74) is -0.441. The van der Waals surface area contributed by atoms with Gasteiger partial charge >= 0.3 is 6.09 Å². The number of ether oxygens (including phenoxy) is 2. The largest absolute Gasteiger partial charge is 0.444 e. The fraction of sp³-hybridized carbons (Fsp3) is 0.933. The first-order chi connectivity index (χ1) is 9.44. The molecule has 20 heavy (non-hydrogen) atoms. The van der Waals surface area contributed by atoms with Crippen molar-refractivity contribution in [1.29, 1.82) is 0 Å². The van der Waals surface area contributed by atoms with Crippen LogP contribution in [0.15, 0.2) is 0 Å². The number of rotatable bonds is 4. The second-order valence-corrected chi connectivity index (χ2v) is 6.83. The lowest BCUT2D eigenvalue weighted by Gasteiger charge is -2.26. The zero-order valence-electron chi connectivity index (χ0n) is 12.9. The van der Waals surface area contributed by atoms with Gasteiger partial charge in [0.2, 0.25) is 0 Å². The molecule has 1 aliphatic carbocycles. The Labute approximate surface area is 121 Å². The molecule has 0 radical (unpaired) electrons. The molecule has 1 saturated heterocycles. The van der Waals surface area contributed by atoms with Gasteiger partial charge in [0.05, 0.1) is 6.10 Å². The summed E-state index contributed by atoms with van der Waals surface area (Å²) >= 11 is 0. The fourth-order valence-electron chi connectivity index (χ4n) is 2.92. The zero-order valence-corrected chi connectivity index (χ0v) is 12.9. The van der Waals surface area contributed by atoms with E-state index in [1.54, 1.807) is 0 Å². The quantitative estimate of drug-likeness (QED) is 0.831. The van der Waals surface area contributed by atoms with Gasteiger partial charge in [-0.05, 0) is 52.9 Å². The number of carbonyl (C=O) groups is 1. The summed E-state index contributed by atoms with van der Waals surface area (Å²) in [7, 11) is 0. The Morgan fingerprint density at radius 3 is 2.60 bits per heavy atom. The Kier molecular flexibility index (Phi) is 5.27. The summed E-state index contributed by atoms with van der Waals surface area (Å²) < 4.78 is 10.9. The SMILES string of the molecule is CC(C)(C)OC(=O)NC1CCCC1NCC1CCCO1. The monoisotopic (exact) mass is 284 g/mol. The predicted molar refractivity (Wildman–Crippen MR) is 77.8 cm³/mol. The maximum atomic E-state index is 11.8. The van der Waals surface area contributed by atoms with Gasteiger partial charge in [0, 0.05) is 25.2 Å². The van der Waals surface area contributed by atoms with Gasteiger partial charge in [0.1, 0.15) is 5.60 Å². The number of alkyl carbamates (subject to hydrolysis) is 1. The van der Waals surface area contributed by atoms with Crippen LogP contribution in [0.3, 0.4) is 0 Å². The molecular formula is C15H28N2O3. The molecule has 1 heterocycles. The number of nitrogens with one attached hydrogen (secondary N) is 2. The van der Waals surface area contributed by atoms with Crippen molar-refractivity contribution < 1.29 is 14.3 Å². The van der Waals surface area contributed by atoms with E-state index in [0.717, 1.165) is 45.3 Å². The van der Waals surface area contributed by atoms with Crippen molar-refractivity contribution in [2.24, 2.45) is 0 Å². The molecule has 0 spiro atoms. The van der Waals surface area contributed by atoms with Crippen LogP contribution in [0.1, 0.15) is 52.9 Å². The molecule has 0 bridgehead atoms. The van der Waals surface area contributed by atoms with Crippen molar-refractivity contribution in [3.63, 3.8) is 0 Å². The van der Waals surface area contributed by atoms with Crippen molar-refractivity contribution in [1.82, 2.24) is 10.6 Å². The molecular weight excluding hydrogens is 256 g/mol. The molecule has 2 rings (SSSR count). The highest BCUT2D eigenvalue weighted by Gasteiger charge is 2.30. The Morgan fingerprint density at radius 1 is 1.20 bits per heavy atom. The van der Waals surface area contributed by atoms with Gasteiger partial charge in [-0.1, -0.05) is 0 Å². The van der Waals surface area contributed by atoms with Crippen molar-refractivity contribution in [2.75, 3.05) is 13.2 Å². The smallest absolute Gasteiger partial charge is 0.407 e. The van der Waals surface area contributed by atoms with Gasteiger partial charge < -0.3 is 20.1 Å².